The number of hydrogen-bond acceptors (Lipinski definition) is 5. The minimum absolute atomic E-state index is 0.0208. The molecule has 1 aromatic heterocycles. The lowest BCUT2D eigenvalue weighted by atomic mass is 10.1. The van der Waals surface area contributed by atoms with Gasteiger partial charge in [0, 0.05) is 19.1 Å². The van der Waals surface area contributed by atoms with Gasteiger partial charge in [0.15, 0.2) is 5.69 Å². The van der Waals surface area contributed by atoms with Crippen LogP contribution in [0.15, 0.2) is 36.5 Å². The van der Waals surface area contributed by atoms with Crippen LogP contribution >= 0.6 is 0 Å². The summed E-state index contributed by atoms with van der Waals surface area (Å²) in [6.07, 6.45) is 2.75. The molecule has 1 fully saturated rings. The van der Waals surface area contributed by atoms with Crippen LogP contribution < -0.4 is 5.32 Å². The van der Waals surface area contributed by atoms with Crippen LogP contribution in [-0.2, 0) is 11.3 Å². The third kappa shape index (κ3) is 4.59. The van der Waals surface area contributed by atoms with Crippen molar-refractivity contribution in [2.75, 3.05) is 19.7 Å². The van der Waals surface area contributed by atoms with E-state index in [2.05, 4.69) is 15.6 Å². The summed E-state index contributed by atoms with van der Waals surface area (Å²) in [6.45, 7) is 3.87. The van der Waals surface area contributed by atoms with Crippen LogP contribution in [0.25, 0.3) is 0 Å². The number of carbonyl (C=O) groups excluding carboxylic acids is 2. The standard InChI is InChI=1S/C18H23N5O3/c1-2-26-18(25)22-10-8-15(9-11-22)19-17(24)16-13-23(21-20-16)12-14-6-4-3-5-7-14/h3-7,13,15H,2,8-12H2,1H3,(H,19,24). The molecule has 0 atom stereocenters. The quantitative estimate of drug-likeness (QED) is 0.879. The van der Waals surface area contributed by atoms with Crippen LogP contribution in [0.4, 0.5) is 4.79 Å². The molecule has 26 heavy (non-hydrogen) atoms. The summed E-state index contributed by atoms with van der Waals surface area (Å²) in [7, 11) is 0. The molecule has 1 aromatic carbocycles. The molecule has 0 radical (unpaired) electrons. The number of hydrogen-bond donors (Lipinski definition) is 1. The zero-order valence-electron chi connectivity index (χ0n) is 14.8. The average molecular weight is 357 g/mol. The fourth-order valence-corrected chi connectivity index (χ4v) is 2.93. The Kier molecular flexibility index (Phi) is 5.83. The van der Waals surface area contributed by atoms with E-state index in [-0.39, 0.29) is 18.0 Å². The van der Waals surface area contributed by atoms with Gasteiger partial charge < -0.3 is 15.0 Å². The Morgan fingerprint density at radius 3 is 2.65 bits per heavy atom. The van der Waals surface area contributed by atoms with Gasteiger partial charge in [0.25, 0.3) is 5.91 Å². The van der Waals surface area contributed by atoms with E-state index in [0.29, 0.717) is 44.8 Å². The number of ether oxygens (including phenoxy) is 1. The van der Waals surface area contributed by atoms with Gasteiger partial charge in [-0.3, -0.25) is 4.79 Å². The number of aromatic nitrogens is 3. The highest BCUT2D eigenvalue weighted by molar-refractivity contribution is 5.92. The Balaban J connectivity index is 1.49. The van der Waals surface area contributed by atoms with Crippen molar-refractivity contribution in [3.8, 4) is 0 Å². The number of nitrogens with zero attached hydrogens (tertiary/aromatic N) is 4. The van der Waals surface area contributed by atoms with Gasteiger partial charge >= 0.3 is 6.09 Å². The monoisotopic (exact) mass is 357 g/mol. The Bertz CT molecular complexity index is 738. The second-order valence-corrected chi connectivity index (χ2v) is 6.22. The molecule has 0 spiro atoms. The largest absolute Gasteiger partial charge is 0.450 e. The highest BCUT2D eigenvalue weighted by atomic mass is 16.6. The molecular formula is C18H23N5O3. The fraction of sp³-hybridized carbons (Fsp3) is 0.444. The summed E-state index contributed by atoms with van der Waals surface area (Å²) in [5.41, 5.74) is 1.39. The molecule has 8 heteroatoms. The lowest BCUT2D eigenvalue weighted by molar-refractivity contribution is 0.0856. The molecule has 8 nitrogen and oxygen atoms in total. The van der Waals surface area contributed by atoms with E-state index >= 15 is 0 Å². The zero-order valence-corrected chi connectivity index (χ0v) is 14.8. The van der Waals surface area contributed by atoms with E-state index in [1.54, 1.807) is 22.7 Å². The molecule has 3 rings (SSSR count). The van der Waals surface area contributed by atoms with E-state index in [4.69, 9.17) is 4.74 Å². The van der Waals surface area contributed by atoms with Crippen LogP contribution in [0, 0.1) is 0 Å². The van der Waals surface area contributed by atoms with Crippen LogP contribution in [0.3, 0.4) is 0 Å². The highest BCUT2D eigenvalue weighted by Crippen LogP contribution is 2.12. The average Bonchev–Trinajstić information content (AvgIpc) is 3.12. The predicted octanol–water partition coefficient (Wildman–Crippen LogP) is 1.68. The first-order valence-electron chi connectivity index (χ1n) is 8.82. The number of amides is 2. The first-order chi connectivity index (χ1) is 12.7. The van der Waals surface area contributed by atoms with Crippen LogP contribution in [0.1, 0.15) is 35.8 Å². The topological polar surface area (TPSA) is 89.4 Å². The Morgan fingerprint density at radius 1 is 1.23 bits per heavy atom. The molecule has 1 aliphatic heterocycles. The van der Waals surface area contributed by atoms with Crippen LogP contribution in [0.2, 0.25) is 0 Å². The SMILES string of the molecule is CCOC(=O)N1CCC(NC(=O)c2cn(Cc3ccccc3)nn2)CC1. The predicted molar refractivity (Wildman–Crippen MR) is 94.6 cm³/mol. The maximum absolute atomic E-state index is 12.4. The number of likely N-dealkylation sites (tertiary alicyclic amines) is 1. The van der Waals surface area contributed by atoms with E-state index < -0.39 is 0 Å². The molecule has 0 unspecified atom stereocenters. The van der Waals surface area contributed by atoms with Gasteiger partial charge in [-0.1, -0.05) is 35.5 Å². The molecule has 2 amide bonds. The van der Waals surface area contributed by atoms with Crippen molar-refractivity contribution >= 4 is 12.0 Å². The first kappa shape index (κ1) is 17.9. The molecule has 0 aliphatic carbocycles. The minimum atomic E-state index is -0.291. The first-order valence-corrected chi connectivity index (χ1v) is 8.82. The second kappa shape index (κ2) is 8.46. The number of rotatable bonds is 5. The number of nitrogens with one attached hydrogen (secondary N) is 1. The maximum Gasteiger partial charge on any atom is 0.409 e. The number of piperidine rings is 1. The molecule has 1 N–H and O–H groups in total. The lowest BCUT2D eigenvalue weighted by Gasteiger charge is -2.31. The van der Waals surface area contributed by atoms with Crippen molar-refractivity contribution in [1.29, 1.82) is 0 Å². The Hall–Kier alpha value is -2.90. The van der Waals surface area contributed by atoms with Gasteiger partial charge in [0.05, 0.1) is 19.3 Å². The molecule has 1 saturated heterocycles. The number of benzene rings is 1. The van der Waals surface area contributed by atoms with E-state index in [9.17, 15) is 9.59 Å². The van der Waals surface area contributed by atoms with Gasteiger partial charge in [-0.2, -0.15) is 0 Å². The second-order valence-electron chi connectivity index (χ2n) is 6.22. The Labute approximate surface area is 152 Å². The van der Waals surface area contributed by atoms with Gasteiger partial charge in [-0.05, 0) is 25.3 Å². The van der Waals surface area contributed by atoms with E-state index in [1.807, 2.05) is 30.3 Å². The van der Waals surface area contributed by atoms with Gasteiger partial charge in [-0.15, -0.1) is 5.10 Å². The molecule has 1 aliphatic rings. The van der Waals surface area contributed by atoms with Gasteiger partial charge in [-0.25, -0.2) is 9.48 Å². The highest BCUT2D eigenvalue weighted by Gasteiger charge is 2.25. The van der Waals surface area contributed by atoms with Crippen LogP contribution in [0.5, 0.6) is 0 Å². The summed E-state index contributed by atoms with van der Waals surface area (Å²) in [5.74, 6) is -0.237. The fourth-order valence-electron chi connectivity index (χ4n) is 2.93. The van der Waals surface area contributed by atoms with E-state index in [0.717, 1.165) is 5.56 Å². The van der Waals surface area contributed by atoms with Gasteiger partial charge in [0.2, 0.25) is 0 Å². The van der Waals surface area contributed by atoms with Crippen LogP contribution in [-0.4, -0.2) is 57.6 Å². The summed E-state index contributed by atoms with van der Waals surface area (Å²) in [5, 5.41) is 10.9. The molecule has 2 aromatic rings. The molecule has 0 saturated carbocycles. The number of carbonyl (C=O) groups is 2. The van der Waals surface area contributed by atoms with E-state index in [1.165, 1.54) is 0 Å². The summed E-state index contributed by atoms with van der Waals surface area (Å²) in [6, 6.07) is 9.90. The summed E-state index contributed by atoms with van der Waals surface area (Å²) < 4.78 is 6.64. The summed E-state index contributed by atoms with van der Waals surface area (Å²) >= 11 is 0. The third-order valence-corrected chi connectivity index (χ3v) is 4.31. The maximum atomic E-state index is 12.4. The van der Waals surface area contributed by atoms with Crippen molar-refractivity contribution < 1.29 is 14.3 Å². The molecular weight excluding hydrogens is 334 g/mol. The van der Waals surface area contributed by atoms with Gasteiger partial charge in [0.1, 0.15) is 0 Å². The third-order valence-electron chi connectivity index (χ3n) is 4.31. The lowest BCUT2D eigenvalue weighted by Crippen LogP contribution is -2.46. The minimum Gasteiger partial charge on any atom is -0.450 e. The normalized spacial score (nSPS) is 14.9. The van der Waals surface area contributed by atoms with Crippen molar-refractivity contribution in [3.63, 3.8) is 0 Å². The van der Waals surface area contributed by atoms with Crippen molar-refractivity contribution in [3.05, 3.63) is 47.8 Å². The van der Waals surface area contributed by atoms with Crippen molar-refractivity contribution in [2.24, 2.45) is 0 Å². The van der Waals surface area contributed by atoms with Crippen molar-refractivity contribution in [2.45, 2.75) is 32.4 Å². The molecule has 0 bridgehead atoms. The summed E-state index contributed by atoms with van der Waals surface area (Å²) in [4.78, 5) is 25.7. The molecule has 138 valence electrons. The molecule has 2 heterocycles. The Morgan fingerprint density at radius 2 is 1.96 bits per heavy atom. The smallest absolute Gasteiger partial charge is 0.409 e. The zero-order chi connectivity index (χ0) is 18.4. The van der Waals surface area contributed by atoms with Crippen molar-refractivity contribution in [1.82, 2.24) is 25.2 Å².